The van der Waals surface area contributed by atoms with Gasteiger partial charge >= 0.3 is 0 Å². The lowest BCUT2D eigenvalue weighted by Crippen LogP contribution is -2.17. The maximum Gasteiger partial charge on any atom is 0.272 e. The molecule has 1 aliphatic carbocycles. The van der Waals surface area contributed by atoms with Crippen LogP contribution in [0.4, 0.5) is 10.1 Å². The van der Waals surface area contributed by atoms with E-state index < -0.39 is 5.82 Å². The van der Waals surface area contributed by atoms with E-state index >= 15 is 0 Å². The Kier molecular flexibility index (Phi) is 3.52. The van der Waals surface area contributed by atoms with Crippen molar-refractivity contribution in [3.05, 3.63) is 52.0 Å². The first-order valence-corrected chi connectivity index (χ1v) is 7.26. The van der Waals surface area contributed by atoms with Gasteiger partial charge in [-0.1, -0.05) is 0 Å². The van der Waals surface area contributed by atoms with Crippen LogP contribution in [0.3, 0.4) is 0 Å². The SMILES string of the molecule is N#Cc1cc(F)ccc1NC(=O)c1cc(Br)cn1C1CC1. The third-order valence-electron chi connectivity index (χ3n) is 3.34. The molecule has 1 amide bonds. The van der Waals surface area contributed by atoms with Crippen molar-refractivity contribution >= 4 is 27.5 Å². The summed E-state index contributed by atoms with van der Waals surface area (Å²) in [4.78, 5) is 12.4. The number of carbonyl (C=O) groups excluding carboxylic acids is 1. The number of carbonyl (C=O) groups is 1. The second-order valence-corrected chi connectivity index (χ2v) is 5.85. The molecular formula is C15H11BrFN3O. The standard InChI is InChI=1S/C15H11BrFN3O/c16-10-6-14(20(8-10)12-2-3-12)15(21)19-13-4-1-11(17)5-9(13)7-18/h1,4-6,8,12H,2-3H2,(H,19,21). The van der Waals surface area contributed by atoms with Crippen LogP contribution in [0.5, 0.6) is 0 Å². The lowest BCUT2D eigenvalue weighted by molar-refractivity contribution is 0.101. The highest BCUT2D eigenvalue weighted by Gasteiger charge is 2.28. The van der Waals surface area contributed by atoms with Crippen LogP contribution < -0.4 is 5.32 Å². The van der Waals surface area contributed by atoms with Crippen molar-refractivity contribution in [2.24, 2.45) is 0 Å². The fraction of sp³-hybridized carbons (Fsp3) is 0.200. The van der Waals surface area contributed by atoms with Crippen molar-refractivity contribution in [1.29, 1.82) is 5.26 Å². The molecule has 4 nitrogen and oxygen atoms in total. The first-order valence-electron chi connectivity index (χ1n) is 6.47. The van der Waals surface area contributed by atoms with E-state index in [4.69, 9.17) is 5.26 Å². The summed E-state index contributed by atoms with van der Waals surface area (Å²) in [5.74, 6) is -0.815. The van der Waals surface area contributed by atoms with E-state index in [2.05, 4.69) is 21.2 Å². The summed E-state index contributed by atoms with van der Waals surface area (Å²) < 4.78 is 15.9. The van der Waals surface area contributed by atoms with Crippen LogP contribution in [0, 0.1) is 17.1 Å². The zero-order valence-electron chi connectivity index (χ0n) is 10.9. The van der Waals surface area contributed by atoms with Gasteiger partial charge in [0.1, 0.15) is 17.6 Å². The molecule has 0 spiro atoms. The normalized spacial score (nSPS) is 13.8. The molecule has 0 saturated heterocycles. The predicted molar refractivity (Wildman–Crippen MR) is 79.5 cm³/mol. The van der Waals surface area contributed by atoms with Crippen LogP contribution in [0.25, 0.3) is 0 Å². The van der Waals surface area contributed by atoms with Gasteiger partial charge in [0, 0.05) is 16.7 Å². The monoisotopic (exact) mass is 347 g/mol. The lowest BCUT2D eigenvalue weighted by Gasteiger charge is -2.09. The number of aromatic nitrogens is 1. The summed E-state index contributed by atoms with van der Waals surface area (Å²) >= 11 is 3.37. The van der Waals surface area contributed by atoms with Crippen LogP contribution in [-0.2, 0) is 0 Å². The highest BCUT2D eigenvalue weighted by molar-refractivity contribution is 9.10. The Bertz CT molecular complexity index is 759. The molecule has 21 heavy (non-hydrogen) atoms. The fourth-order valence-corrected chi connectivity index (χ4v) is 2.62. The maximum atomic E-state index is 13.1. The van der Waals surface area contributed by atoms with Gasteiger partial charge < -0.3 is 9.88 Å². The average molecular weight is 348 g/mol. The summed E-state index contributed by atoms with van der Waals surface area (Å²) in [5, 5.41) is 11.7. The Morgan fingerprint density at radius 1 is 1.43 bits per heavy atom. The topological polar surface area (TPSA) is 57.8 Å². The molecular weight excluding hydrogens is 337 g/mol. The molecule has 3 rings (SSSR count). The number of benzene rings is 1. The Morgan fingerprint density at radius 3 is 2.86 bits per heavy atom. The third-order valence-corrected chi connectivity index (χ3v) is 3.77. The van der Waals surface area contributed by atoms with E-state index in [1.165, 1.54) is 12.1 Å². The number of hydrogen-bond acceptors (Lipinski definition) is 2. The quantitative estimate of drug-likeness (QED) is 0.916. The molecule has 1 saturated carbocycles. The summed E-state index contributed by atoms with van der Waals surface area (Å²) in [5.41, 5.74) is 0.938. The molecule has 2 aromatic rings. The van der Waals surface area contributed by atoms with Gasteiger partial charge in [0.2, 0.25) is 0 Å². The number of nitrogens with one attached hydrogen (secondary N) is 1. The highest BCUT2D eigenvalue weighted by Crippen LogP contribution is 2.37. The molecule has 1 aromatic carbocycles. The number of rotatable bonds is 3. The van der Waals surface area contributed by atoms with E-state index in [1.807, 2.05) is 16.8 Å². The van der Waals surface area contributed by atoms with Crippen molar-refractivity contribution in [2.45, 2.75) is 18.9 Å². The second-order valence-electron chi connectivity index (χ2n) is 4.94. The van der Waals surface area contributed by atoms with Crippen LogP contribution in [0.1, 0.15) is 34.9 Å². The Labute approximate surface area is 129 Å². The van der Waals surface area contributed by atoms with E-state index in [-0.39, 0.29) is 11.5 Å². The van der Waals surface area contributed by atoms with Crippen molar-refractivity contribution in [3.63, 3.8) is 0 Å². The van der Waals surface area contributed by atoms with Gasteiger partial charge in [-0.2, -0.15) is 5.26 Å². The minimum absolute atomic E-state index is 0.104. The van der Waals surface area contributed by atoms with Gasteiger partial charge in [-0.3, -0.25) is 4.79 Å². The van der Waals surface area contributed by atoms with Crippen molar-refractivity contribution in [3.8, 4) is 6.07 Å². The Balaban J connectivity index is 1.89. The summed E-state index contributed by atoms with van der Waals surface area (Å²) in [6.45, 7) is 0. The van der Waals surface area contributed by atoms with E-state index in [0.29, 0.717) is 17.4 Å². The number of amides is 1. The van der Waals surface area contributed by atoms with Crippen LogP contribution in [0.2, 0.25) is 0 Å². The summed E-state index contributed by atoms with van der Waals surface area (Å²) in [7, 11) is 0. The molecule has 1 heterocycles. The van der Waals surface area contributed by atoms with E-state index in [0.717, 1.165) is 23.4 Å². The largest absolute Gasteiger partial charge is 0.339 e. The molecule has 0 unspecified atom stereocenters. The summed E-state index contributed by atoms with van der Waals surface area (Å²) in [6.07, 6.45) is 3.99. The van der Waals surface area contributed by atoms with Crippen molar-refractivity contribution < 1.29 is 9.18 Å². The van der Waals surface area contributed by atoms with Crippen LogP contribution in [-0.4, -0.2) is 10.5 Å². The molecule has 0 atom stereocenters. The van der Waals surface area contributed by atoms with Gasteiger partial charge in [0.25, 0.3) is 5.91 Å². The molecule has 1 fully saturated rings. The first-order chi connectivity index (χ1) is 10.1. The number of anilines is 1. The van der Waals surface area contributed by atoms with Gasteiger partial charge in [0.15, 0.2) is 0 Å². The highest BCUT2D eigenvalue weighted by atomic mass is 79.9. The molecule has 0 bridgehead atoms. The van der Waals surface area contributed by atoms with Gasteiger partial charge in [0.05, 0.1) is 11.3 Å². The molecule has 1 aromatic heterocycles. The first kappa shape index (κ1) is 13.8. The zero-order valence-corrected chi connectivity index (χ0v) is 12.5. The number of nitriles is 1. The van der Waals surface area contributed by atoms with Crippen LogP contribution >= 0.6 is 15.9 Å². The fourth-order valence-electron chi connectivity index (χ4n) is 2.19. The van der Waals surface area contributed by atoms with Gasteiger partial charge in [-0.05, 0) is 53.0 Å². The molecule has 1 N–H and O–H groups in total. The Hall–Kier alpha value is -2.13. The lowest BCUT2D eigenvalue weighted by atomic mass is 10.2. The number of halogens is 2. The number of nitrogens with zero attached hydrogens (tertiary/aromatic N) is 2. The second kappa shape index (κ2) is 5.34. The molecule has 106 valence electrons. The number of hydrogen-bond donors (Lipinski definition) is 1. The zero-order chi connectivity index (χ0) is 15.0. The smallest absolute Gasteiger partial charge is 0.272 e. The van der Waals surface area contributed by atoms with Crippen molar-refractivity contribution in [2.75, 3.05) is 5.32 Å². The predicted octanol–water partition coefficient (Wildman–Crippen LogP) is 3.85. The van der Waals surface area contributed by atoms with Gasteiger partial charge in [-0.25, -0.2) is 4.39 Å². The Morgan fingerprint density at radius 2 is 2.19 bits per heavy atom. The van der Waals surface area contributed by atoms with Crippen LogP contribution in [0.15, 0.2) is 34.9 Å². The average Bonchev–Trinajstić information content (AvgIpc) is 3.23. The van der Waals surface area contributed by atoms with E-state index in [9.17, 15) is 9.18 Å². The molecule has 6 heteroatoms. The van der Waals surface area contributed by atoms with Crippen molar-refractivity contribution in [1.82, 2.24) is 4.57 Å². The molecule has 1 aliphatic rings. The maximum absolute atomic E-state index is 13.1. The van der Waals surface area contributed by atoms with Gasteiger partial charge in [-0.15, -0.1) is 0 Å². The van der Waals surface area contributed by atoms with E-state index in [1.54, 1.807) is 6.07 Å². The minimum atomic E-state index is -0.506. The molecule has 0 aliphatic heterocycles. The third kappa shape index (κ3) is 2.83. The summed E-state index contributed by atoms with van der Waals surface area (Å²) in [6, 6.07) is 7.69. The minimum Gasteiger partial charge on any atom is -0.339 e. The molecule has 0 radical (unpaired) electrons.